The number of carbonyl (C=O) groups is 3. The Hall–Kier alpha value is -6.37. The smallest absolute Gasteiger partial charge is 0.411 e. The van der Waals surface area contributed by atoms with Crippen LogP contribution in [0.25, 0.3) is 5.57 Å². The van der Waals surface area contributed by atoms with Gasteiger partial charge in [-0.3, -0.25) is 0 Å². The highest BCUT2D eigenvalue weighted by molar-refractivity contribution is 6.20. The molecule has 0 spiro atoms. The van der Waals surface area contributed by atoms with Crippen LogP contribution in [0.15, 0.2) is 90.5 Å². The van der Waals surface area contributed by atoms with Crippen molar-refractivity contribution >= 4 is 23.6 Å². The average Bonchev–Trinajstić information content (AvgIpc) is 3.77. The number of hydrogen-bond donors (Lipinski definition) is 1. The molecular formula is C42H43NO12. The van der Waals surface area contributed by atoms with E-state index in [0.717, 1.165) is 5.56 Å². The Balaban J connectivity index is 1.46. The number of nitrogens with one attached hydrogen (secondary N) is 1. The molecule has 0 aromatic heterocycles. The van der Waals surface area contributed by atoms with Crippen LogP contribution in [-0.2, 0) is 42.6 Å². The van der Waals surface area contributed by atoms with Crippen molar-refractivity contribution in [1.29, 1.82) is 0 Å². The van der Waals surface area contributed by atoms with Crippen molar-refractivity contribution in [3.8, 4) is 34.5 Å². The molecule has 2 aliphatic rings. The van der Waals surface area contributed by atoms with Crippen LogP contribution in [0.2, 0.25) is 0 Å². The maximum Gasteiger partial charge on any atom is 0.411 e. The summed E-state index contributed by atoms with van der Waals surface area (Å²) in [5, 5.41) is 2.70. The molecule has 0 bridgehead atoms. The van der Waals surface area contributed by atoms with Crippen LogP contribution in [0.3, 0.4) is 0 Å². The van der Waals surface area contributed by atoms with Crippen molar-refractivity contribution in [2.24, 2.45) is 5.92 Å². The second kappa shape index (κ2) is 16.8. The summed E-state index contributed by atoms with van der Waals surface area (Å²) in [6.45, 7) is 3.86. The van der Waals surface area contributed by atoms with Gasteiger partial charge in [-0.1, -0.05) is 50.2 Å². The molecule has 2 aliphatic heterocycles. The zero-order valence-electron chi connectivity index (χ0n) is 31.5. The molecule has 1 amide bonds. The number of hydrogen-bond acceptors (Lipinski definition) is 12. The predicted molar refractivity (Wildman–Crippen MR) is 199 cm³/mol. The predicted octanol–water partition coefficient (Wildman–Crippen LogP) is 6.74. The van der Waals surface area contributed by atoms with Crippen molar-refractivity contribution in [1.82, 2.24) is 5.32 Å². The highest BCUT2D eigenvalue weighted by Crippen LogP contribution is 2.50. The van der Waals surface area contributed by atoms with E-state index in [0.29, 0.717) is 51.2 Å². The van der Waals surface area contributed by atoms with Gasteiger partial charge in [0.25, 0.3) is 0 Å². The van der Waals surface area contributed by atoms with Gasteiger partial charge in [-0.2, -0.15) is 0 Å². The zero-order chi connectivity index (χ0) is 39.1. The number of fused-ring (bicyclic) bond motifs is 1. The molecule has 6 rings (SSSR count). The van der Waals surface area contributed by atoms with E-state index in [2.05, 4.69) is 5.32 Å². The number of ether oxygens (including phenoxy) is 9. The van der Waals surface area contributed by atoms with Gasteiger partial charge in [-0.25, -0.2) is 14.4 Å². The summed E-state index contributed by atoms with van der Waals surface area (Å²) in [6.07, 6.45) is -0.797. The molecule has 0 saturated carbocycles. The molecule has 288 valence electrons. The Bertz CT molecular complexity index is 2040. The lowest BCUT2D eigenvalue weighted by molar-refractivity contribution is -0.185. The van der Waals surface area contributed by atoms with Crippen molar-refractivity contribution in [3.05, 3.63) is 113 Å². The third kappa shape index (κ3) is 8.25. The van der Waals surface area contributed by atoms with Gasteiger partial charge in [0.15, 0.2) is 23.0 Å². The summed E-state index contributed by atoms with van der Waals surface area (Å²) in [7, 11) is 6.00. The number of benzene rings is 4. The van der Waals surface area contributed by atoms with Crippen LogP contribution < -0.4 is 33.7 Å². The van der Waals surface area contributed by atoms with Crippen molar-refractivity contribution < 1.29 is 57.0 Å². The second-order valence-corrected chi connectivity index (χ2v) is 13.2. The Morgan fingerprint density at radius 1 is 0.800 bits per heavy atom. The fourth-order valence-electron chi connectivity index (χ4n) is 6.52. The van der Waals surface area contributed by atoms with E-state index in [1.54, 1.807) is 54.6 Å². The molecule has 4 aromatic carbocycles. The van der Waals surface area contributed by atoms with E-state index >= 15 is 0 Å². The zero-order valence-corrected chi connectivity index (χ0v) is 31.5. The van der Waals surface area contributed by atoms with Gasteiger partial charge in [-0.15, -0.1) is 0 Å². The summed E-state index contributed by atoms with van der Waals surface area (Å²) in [4.78, 5) is 41.9. The van der Waals surface area contributed by atoms with Gasteiger partial charge in [0.1, 0.15) is 18.4 Å². The highest BCUT2D eigenvalue weighted by Gasteiger charge is 2.53. The Morgan fingerprint density at radius 3 is 2.13 bits per heavy atom. The molecule has 13 nitrogen and oxygen atoms in total. The first-order valence-corrected chi connectivity index (χ1v) is 17.6. The van der Waals surface area contributed by atoms with Gasteiger partial charge < -0.3 is 47.9 Å². The van der Waals surface area contributed by atoms with Crippen molar-refractivity contribution in [2.75, 3.05) is 35.2 Å². The first kappa shape index (κ1) is 38.4. The minimum Gasteiger partial charge on any atom is -0.497 e. The van der Waals surface area contributed by atoms with Crippen LogP contribution in [-0.4, -0.2) is 59.3 Å². The van der Waals surface area contributed by atoms with Gasteiger partial charge in [-0.05, 0) is 77.6 Å². The van der Waals surface area contributed by atoms with E-state index in [9.17, 15) is 14.4 Å². The molecule has 1 N–H and O–H groups in total. The third-order valence-corrected chi connectivity index (χ3v) is 9.12. The molecule has 0 aliphatic carbocycles. The standard InChI is InChI=1S/C42H43NO12/c1-25(2)18-32(39(44)51-23-26-10-8-7-9-11-26)43-41(46)55-42(29-13-15-30(47-3)16-14-29)31(19-27-20-35(48-4)38(50-6)36(21-27)49-5)37(40(45)54-42)28-12-17-33-34(22-28)53-24-52-33/h7-17,20-22,25,32H,18-19,23-24H2,1-6H3,(H,43,46). The number of amides is 1. The first-order chi connectivity index (χ1) is 26.6. The quantitative estimate of drug-likeness (QED) is 0.128. The Morgan fingerprint density at radius 2 is 1.49 bits per heavy atom. The van der Waals surface area contributed by atoms with Gasteiger partial charge >= 0.3 is 23.8 Å². The first-order valence-electron chi connectivity index (χ1n) is 17.6. The second-order valence-electron chi connectivity index (χ2n) is 13.2. The van der Waals surface area contributed by atoms with E-state index in [4.69, 9.17) is 42.6 Å². The summed E-state index contributed by atoms with van der Waals surface area (Å²) < 4.78 is 51.5. The average molecular weight is 754 g/mol. The third-order valence-electron chi connectivity index (χ3n) is 9.12. The largest absolute Gasteiger partial charge is 0.497 e. The summed E-state index contributed by atoms with van der Waals surface area (Å²) in [6, 6.07) is 23.2. The summed E-state index contributed by atoms with van der Waals surface area (Å²) in [5.41, 5.74) is 2.50. The van der Waals surface area contributed by atoms with Crippen LogP contribution in [0.5, 0.6) is 34.5 Å². The molecule has 0 saturated heterocycles. The lowest BCUT2D eigenvalue weighted by Gasteiger charge is -2.32. The minimum absolute atomic E-state index is 0.0115. The fourth-order valence-corrected chi connectivity index (χ4v) is 6.52. The number of alkyl carbamates (subject to hydrolysis) is 1. The fraction of sp³-hybridized carbons (Fsp3) is 0.310. The van der Waals surface area contributed by atoms with Gasteiger partial charge in [0.05, 0.1) is 34.0 Å². The van der Waals surface area contributed by atoms with Gasteiger partial charge in [0, 0.05) is 17.6 Å². The van der Waals surface area contributed by atoms with Crippen molar-refractivity contribution in [2.45, 2.75) is 45.1 Å². The molecule has 13 heteroatoms. The SMILES string of the molecule is COc1ccc(C2(OC(=O)NC(CC(C)C)C(=O)OCc3ccccc3)OC(=O)C(c3ccc4c(c3)OCO4)=C2Cc2cc(OC)c(OC)c(OC)c2)cc1. The maximum absolute atomic E-state index is 14.3. The number of rotatable bonds is 15. The number of cyclic esters (lactones) is 1. The van der Waals surface area contributed by atoms with Crippen LogP contribution in [0, 0.1) is 5.92 Å². The molecule has 2 atom stereocenters. The molecular weight excluding hydrogens is 710 g/mol. The minimum atomic E-state index is -2.14. The topological polar surface area (TPSA) is 146 Å². The molecule has 0 radical (unpaired) electrons. The molecule has 55 heavy (non-hydrogen) atoms. The number of carbonyl (C=O) groups excluding carboxylic acids is 3. The van der Waals surface area contributed by atoms with Crippen LogP contribution >= 0.6 is 0 Å². The molecule has 4 aromatic rings. The normalized spacial score (nSPS) is 16.3. The van der Waals surface area contributed by atoms with E-state index in [1.165, 1.54) is 28.4 Å². The van der Waals surface area contributed by atoms with Crippen LogP contribution in [0.1, 0.15) is 42.5 Å². The van der Waals surface area contributed by atoms with E-state index in [1.807, 2.05) is 44.2 Å². The number of esters is 2. The number of methoxy groups -OCH3 is 4. The monoisotopic (exact) mass is 753 g/mol. The Labute approximate surface area is 319 Å². The highest BCUT2D eigenvalue weighted by atomic mass is 16.7. The lowest BCUT2D eigenvalue weighted by Crippen LogP contribution is -2.46. The van der Waals surface area contributed by atoms with Gasteiger partial charge in [0.2, 0.25) is 12.5 Å². The van der Waals surface area contributed by atoms with Crippen LogP contribution in [0.4, 0.5) is 4.79 Å². The molecule has 2 heterocycles. The van der Waals surface area contributed by atoms with E-state index < -0.39 is 29.9 Å². The lowest BCUT2D eigenvalue weighted by atomic mass is 9.87. The molecule has 2 unspecified atom stereocenters. The van der Waals surface area contributed by atoms with E-state index in [-0.39, 0.29) is 43.3 Å². The van der Waals surface area contributed by atoms with Crippen molar-refractivity contribution in [3.63, 3.8) is 0 Å². The Kier molecular flexibility index (Phi) is 11.7. The summed E-state index contributed by atoms with van der Waals surface area (Å²) in [5.74, 6) is -1.03. The maximum atomic E-state index is 14.3. The molecule has 0 fully saturated rings. The summed E-state index contributed by atoms with van der Waals surface area (Å²) >= 11 is 0.